The molecule has 1 atom stereocenters. The molecular formula is C8H12FN3O. The molecule has 4 N–H and O–H groups in total. The van der Waals surface area contributed by atoms with E-state index in [1.54, 1.807) is 7.05 Å². The van der Waals surface area contributed by atoms with Gasteiger partial charge >= 0.3 is 0 Å². The highest BCUT2D eigenvalue weighted by Crippen LogP contribution is 2.15. The van der Waals surface area contributed by atoms with Crippen molar-refractivity contribution in [1.29, 1.82) is 0 Å². The standard InChI is InChI=1S/C8H12FN3O/c1-11-7(4-13)5-2-6(10)8(9)12-3-5/h2-3,7,11,13H,4,10H2,1H3. The van der Waals surface area contributed by atoms with E-state index >= 15 is 0 Å². The number of nitrogen functional groups attached to an aromatic ring is 1. The van der Waals surface area contributed by atoms with E-state index in [0.29, 0.717) is 5.56 Å². The van der Waals surface area contributed by atoms with E-state index in [0.717, 1.165) is 0 Å². The molecule has 0 aliphatic heterocycles. The number of aromatic nitrogens is 1. The van der Waals surface area contributed by atoms with Crippen LogP contribution in [0.2, 0.25) is 0 Å². The Morgan fingerprint density at radius 2 is 2.46 bits per heavy atom. The molecule has 0 spiro atoms. The molecule has 0 aliphatic rings. The van der Waals surface area contributed by atoms with Crippen LogP contribution >= 0.6 is 0 Å². The molecular weight excluding hydrogens is 173 g/mol. The van der Waals surface area contributed by atoms with Crippen LogP contribution in [0.3, 0.4) is 0 Å². The minimum Gasteiger partial charge on any atom is -0.395 e. The number of hydrogen-bond acceptors (Lipinski definition) is 4. The van der Waals surface area contributed by atoms with Gasteiger partial charge in [-0.3, -0.25) is 0 Å². The SMILES string of the molecule is CNC(CO)c1cnc(F)c(N)c1. The van der Waals surface area contributed by atoms with E-state index < -0.39 is 5.95 Å². The van der Waals surface area contributed by atoms with E-state index in [1.165, 1.54) is 12.3 Å². The predicted molar refractivity (Wildman–Crippen MR) is 47.5 cm³/mol. The molecule has 1 unspecified atom stereocenters. The van der Waals surface area contributed by atoms with E-state index in [-0.39, 0.29) is 18.3 Å². The van der Waals surface area contributed by atoms with Crippen molar-refractivity contribution in [2.24, 2.45) is 0 Å². The van der Waals surface area contributed by atoms with Crippen LogP contribution in [0.1, 0.15) is 11.6 Å². The molecule has 13 heavy (non-hydrogen) atoms. The lowest BCUT2D eigenvalue weighted by Gasteiger charge is -2.13. The fraction of sp³-hybridized carbons (Fsp3) is 0.375. The Morgan fingerprint density at radius 1 is 1.77 bits per heavy atom. The van der Waals surface area contributed by atoms with Crippen LogP contribution in [0.15, 0.2) is 12.3 Å². The summed E-state index contributed by atoms with van der Waals surface area (Å²) in [6.07, 6.45) is 1.35. The molecule has 1 aromatic rings. The highest BCUT2D eigenvalue weighted by molar-refractivity contribution is 5.39. The molecule has 0 saturated carbocycles. The van der Waals surface area contributed by atoms with Gasteiger partial charge in [0.15, 0.2) is 0 Å². The summed E-state index contributed by atoms with van der Waals surface area (Å²) in [5, 5.41) is 11.8. The van der Waals surface area contributed by atoms with Crippen molar-refractivity contribution in [1.82, 2.24) is 10.3 Å². The molecule has 4 nitrogen and oxygen atoms in total. The second-order valence-corrected chi connectivity index (χ2v) is 2.67. The number of nitrogens with two attached hydrogens (primary N) is 1. The molecule has 72 valence electrons. The minimum absolute atomic E-state index is 0.00815. The second-order valence-electron chi connectivity index (χ2n) is 2.67. The summed E-state index contributed by atoms with van der Waals surface area (Å²) in [4.78, 5) is 3.45. The molecule has 0 fully saturated rings. The fourth-order valence-corrected chi connectivity index (χ4v) is 1.04. The number of rotatable bonds is 3. The normalized spacial score (nSPS) is 12.8. The number of hydrogen-bond donors (Lipinski definition) is 3. The third-order valence-electron chi connectivity index (χ3n) is 1.82. The Hall–Kier alpha value is -1.20. The van der Waals surface area contributed by atoms with E-state index in [4.69, 9.17) is 10.8 Å². The van der Waals surface area contributed by atoms with Gasteiger partial charge in [-0.1, -0.05) is 0 Å². The zero-order chi connectivity index (χ0) is 9.84. The molecule has 1 rings (SSSR count). The van der Waals surface area contributed by atoms with Gasteiger partial charge in [0.1, 0.15) is 0 Å². The van der Waals surface area contributed by atoms with Gasteiger partial charge in [0, 0.05) is 6.20 Å². The van der Waals surface area contributed by atoms with Crippen LogP contribution in [0.25, 0.3) is 0 Å². The van der Waals surface area contributed by atoms with Gasteiger partial charge in [-0.15, -0.1) is 0 Å². The Morgan fingerprint density at radius 3 is 2.92 bits per heavy atom. The van der Waals surface area contributed by atoms with Gasteiger partial charge in [-0.05, 0) is 18.7 Å². The molecule has 1 heterocycles. The first kappa shape index (κ1) is 9.88. The summed E-state index contributed by atoms with van der Waals surface area (Å²) in [6.45, 7) is -0.0801. The highest BCUT2D eigenvalue weighted by atomic mass is 19.1. The number of nitrogens with zero attached hydrogens (tertiary/aromatic N) is 1. The fourth-order valence-electron chi connectivity index (χ4n) is 1.04. The van der Waals surface area contributed by atoms with Crippen LogP contribution in [0, 0.1) is 5.95 Å². The Labute approximate surface area is 75.6 Å². The third-order valence-corrected chi connectivity index (χ3v) is 1.82. The number of pyridine rings is 1. The van der Waals surface area contributed by atoms with Crippen LogP contribution in [0.5, 0.6) is 0 Å². The zero-order valence-electron chi connectivity index (χ0n) is 7.29. The minimum atomic E-state index is -0.684. The van der Waals surface area contributed by atoms with Gasteiger partial charge in [-0.25, -0.2) is 4.98 Å². The van der Waals surface area contributed by atoms with Gasteiger partial charge in [0.2, 0.25) is 5.95 Å². The predicted octanol–water partition coefficient (Wildman–Crippen LogP) is 0.0557. The van der Waals surface area contributed by atoms with Crippen molar-refractivity contribution in [3.63, 3.8) is 0 Å². The van der Waals surface area contributed by atoms with Crippen molar-refractivity contribution in [3.8, 4) is 0 Å². The van der Waals surface area contributed by atoms with Crippen LogP contribution in [-0.2, 0) is 0 Å². The van der Waals surface area contributed by atoms with E-state index in [9.17, 15) is 4.39 Å². The summed E-state index contributed by atoms with van der Waals surface area (Å²) >= 11 is 0. The highest BCUT2D eigenvalue weighted by Gasteiger charge is 2.09. The maximum absolute atomic E-state index is 12.7. The molecule has 0 aliphatic carbocycles. The van der Waals surface area contributed by atoms with Gasteiger partial charge in [0.25, 0.3) is 0 Å². The number of aliphatic hydroxyl groups is 1. The Kier molecular flexibility index (Phi) is 3.16. The quantitative estimate of drug-likeness (QED) is 0.582. The molecule has 1 aromatic heterocycles. The maximum atomic E-state index is 12.7. The number of nitrogens with one attached hydrogen (secondary N) is 1. The van der Waals surface area contributed by atoms with Gasteiger partial charge in [0.05, 0.1) is 18.3 Å². The van der Waals surface area contributed by atoms with Crippen LogP contribution in [0.4, 0.5) is 10.1 Å². The molecule has 0 radical (unpaired) electrons. The molecule has 0 amide bonds. The molecule has 0 bridgehead atoms. The van der Waals surface area contributed by atoms with Crippen molar-refractivity contribution in [2.45, 2.75) is 6.04 Å². The lowest BCUT2D eigenvalue weighted by molar-refractivity contribution is 0.250. The first-order chi connectivity index (χ1) is 6.19. The topological polar surface area (TPSA) is 71.2 Å². The number of halogens is 1. The zero-order valence-corrected chi connectivity index (χ0v) is 7.29. The van der Waals surface area contributed by atoms with Gasteiger partial charge < -0.3 is 16.2 Å². The van der Waals surface area contributed by atoms with Crippen molar-refractivity contribution >= 4 is 5.69 Å². The van der Waals surface area contributed by atoms with Gasteiger partial charge in [-0.2, -0.15) is 4.39 Å². The first-order valence-electron chi connectivity index (χ1n) is 3.88. The number of likely N-dealkylation sites (N-methyl/N-ethyl adjacent to an activating group) is 1. The van der Waals surface area contributed by atoms with Crippen molar-refractivity contribution in [3.05, 3.63) is 23.8 Å². The Balaban J connectivity index is 2.95. The van der Waals surface area contributed by atoms with E-state index in [1.807, 2.05) is 0 Å². The molecule has 0 aromatic carbocycles. The number of aliphatic hydroxyl groups excluding tert-OH is 1. The largest absolute Gasteiger partial charge is 0.395 e. The smallest absolute Gasteiger partial charge is 0.236 e. The van der Waals surface area contributed by atoms with E-state index in [2.05, 4.69) is 10.3 Å². The van der Waals surface area contributed by atoms with Crippen molar-refractivity contribution < 1.29 is 9.50 Å². The van der Waals surface area contributed by atoms with Crippen LogP contribution in [-0.4, -0.2) is 23.7 Å². The van der Waals surface area contributed by atoms with Crippen molar-refractivity contribution in [2.75, 3.05) is 19.4 Å². The second kappa shape index (κ2) is 4.15. The summed E-state index contributed by atoms with van der Waals surface area (Å²) in [5.41, 5.74) is 5.98. The molecule has 5 heteroatoms. The lowest BCUT2D eigenvalue weighted by atomic mass is 10.1. The molecule has 0 saturated heterocycles. The lowest BCUT2D eigenvalue weighted by Crippen LogP contribution is -2.20. The third kappa shape index (κ3) is 2.13. The first-order valence-corrected chi connectivity index (χ1v) is 3.88. The monoisotopic (exact) mass is 185 g/mol. The summed E-state index contributed by atoms with van der Waals surface area (Å²) in [7, 11) is 1.69. The average Bonchev–Trinajstić information content (AvgIpc) is 2.13. The average molecular weight is 185 g/mol. The maximum Gasteiger partial charge on any atom is 0.236 e. The number of anilines is 1. The summed E-state index contributed by atoms with van der Waals surface area (Å²) < 4.78 is 12.7. The summed E-state index contributed by atoms with van der Waals surface area (Å²) in [5.74, 6) is -0.684. The summed E-state index contributed by atoms with van der Waals surface area (Å²) in [6, 6.07) is 1.20. The van der Waals surface area contributed by atoms with Crippen LogP contribution < -0.4 is 11.1 Å². The Bertz CT molecular complexity index is 289.